The molecule has 1 unspecified atom stereocenters. The molecule has 0 spiro atoms. The van der Waals surface area contributed by atoms with Crippen LogP contribution in [0.15, 0.2) is 66.7 Å². The minimum atomic E-state index is -5.06. The second-order valence-corrected chi connectivity index (χ2v) is 9.36. The van der Waals surface area contributed by atoms with Gasteiger partial charge in [-0.3, -0.25) is 19.8 Å². The number of hydrogen-bond acceptors (Lipinski definition) is 3. The molecule has 3 aromatic rings. The summed E-state index contributed by atoms with van der Waals surface area (Å²) in [6.07, 6.45) is -11.0. The number of hydrazine groups is 1. The van der Waals surface area contributed by atoms with E-state index in [0.717, 1.165) is 16.1 Å². The molecule has 0 radical (unpaired) electrons. The number of hydrogen-bond donors (Lipinski definition) is 2. The van der Waals surface area contributed by atoms with E-state index in [1.165, 1.54) is 6.92 Å². The van der Waals surface area contributed by atoms with Crippen molar-refractivity contribution in [2.45, 2.75) is 44.6 Å². The molecular weight excluding hydrogens is 540 g/mol. The molecule has 0 fully saturated rings. The van der Waals surface area contributed by atoms with Crippen LogP contribution in [0.2, 0.25) is 0 Å². The summed E-state index contributed by atoms with van der Waals surface area (Å²) in [6.45, 7) is 2.95. The smallest absolute Gasteiger partial charge is 0.344 e. The Hall–Kier alpha value is -4.35. The minimum absolute atomic E-state index is 0.0349. The highest BCUT2D eigenvalue weighted by Crippen LogP contribution is 2.40. The highest BCUT2D eigenvalue weighted by Gasteiger charge is 2.37. The third-order valence-electron chi connectivity index (χ3n) is 6.46. The molecule has 1 aliphatic heterocycles. The van der Waals surface area contributed by atoms with Gasteiger partial charge in [0, 0.05) is 5.56 Å². The summed E-state index contributed by atoms with van der Waals surface area (Å²) in [5.74, 6) is -2.90. The lowest BCUT2D eigenvalue weighted by Crippen LogP contribution is -2.54. The van der Waals surface area contributed by atoms with Crippen LogP contribution < -0.4 is 15.8 Å². The van der Waals surface area contributed by atoms with Crippen LogP contribution in [-0.2, 0) is 33.2 Å². The van der Waals surface area contributed by atoms with Crippen LogP contribution in [0.5, 0.6) is 0 Å². The van der Waals surface area contributed by atoms with Gasteiger partial charge in [-0.25, -0.2) is 5.01 Å². The molecule has 0 aromatic heterocycles. The Bertz CT molecular complexity index is 1440. The first-order valence-corrected chi connectivity index (χ1v) is 12.1. The van der Waals surface area contributed by atoms with E-state index >= 15 is 0 Å². The molecule has 3 amide bonds. The molecule has 40 heavy (non-hydrogen) atoms. The van der Waals surface area contributed by atoms with Gasteiger partial charge in [0.15, 0.2) is 0 Å². The number of fused-ring (bicyclic) bond motifs is 3. The molecular formula is C28H23F6N3O3. The van der Waals surface area contributed by atoms with Crippen molar-refractivity contribution in [1.29, 1.82) is 0 Å². The number of carbonyl (C=O) groups excluding carboxylic acids is 3. The van der Waals surface area contributed by atoms with E-state index in [4.69, 9.17) is 0 Å². The van der Waals surface area contributed by atoms with E-state index in [-0.39, 0.29) is 6.07 Å². The SMILES string of the molecule is CC1C(=O)N(NC(=O)[C@H](C)NC(=O)Cc2cc(C(F)(F)F)cc(C(F)(F)F)c2)c2ccccc2-c2ccccc21. The number of benzene rings is 3. The predicted molar refractivity (Wildman–Crippen MR) is 134 cm³/mol. The van der Waals surface area contributed by atoms with Gasteiger partial charge in [-0.2, -0.15) is 26.3 Å². The number of carbonyl (C=O) groups is 3. The summed E-state index contributed by atoms with van der Waals surface area (Å²) in [5, 5.41) is 3.34. The monoisotopic (exact) mass is 563 g/mol. The van der Waals surface area contributed by atoms with Gasteiger partial charge in [-0.15, -0.1) is 0 Å². The molecule has 0 bridgehead atoms. The Kier molecular flexibility index (Phi) is 7.64. The van der Waals surface area contributed by atoms with Crippen molar-refractivity contribution in [1.82, 2.24) is 10.7 Å². The van der Waals surface area contributed by atoms with E-state index in [0.29, 0.717) is 23.4 Å². The molecule has 1 heterocycles. The molecule has 12 heteroatoms. The van der Waals surface area contributed by atoms with Crippen molar-refractivity contribution < 1.29 is 40.7 Å². The Labute approximate surface area is 224 Å². The van der Waals surface area contributed by atoms with Crippen LogP contribution in [0, 0.1) is 0 Å². The summed E-state index contributed by atoms with van der Waals surface area (Å²) in [6, 6.07) is 13.7. The molecule has 3 aromatic carbocycles. The van der Waals surface area contributed by atoms with Crippen molar-refractivity contribution in [3.8, 4) is 11.1 Å². The van der Waals surface area contributed by atoms with Gasteiger partial charge >= 0.3 is 12.4 Å². The number of halogens is 6. The first-order chi connectivity index (χ1) is 18.7. The number of anilines is 1. The van der Waals surface area contributed by atoms with E-state index < -0.39 is 65.1 Å². The third-order valence-corrected chi connectivity index (χ3v) is 6.46. The summed E-state index contributed by atoms with van der Waals surface area (Å²) in [4.78, 5) is 38.9. The fraction of sp³-hybridized carbons (Fsp3) is 0.250. The van der Waals surface area contributed by atoms with E-state index in [2.05, 4.69) is 10.7 Å². The molecule has 1 aliphatic rings. The van der Waals surface area contributed by atoms with Gasteiger partial charge in [-0.05, 0) is 54.8 Å². The maximum Gasteiger partial charge on any atom is 0.416 e. The number of alkyl halides is 6. The quantitative estimate of drug-likeness (QED) is 0.396. The summed E-state index contributed by atoms with van der Waals surface area (Å²) in [7, 11) is 0. The zero-order chi connectivity index (χ0) is 29.4. The molecule has 4 rings (SSSR count). The maximum absolute atomic E-state index is 13.4. The Morgan fingerprint density at radius 2 is 1.43 bits per heavy atom. The predicted octanol–water partition coefficient (Wildman–Crippen LogP) is 5.62. The summed E-state index contributed by atoms with van der Waals surface area (Å²) >= 11 is 0. The lowest BCUT2D eigenvalue weighted by molar-refractivity contribution is -0.143. The van der Waals surface area contributed by atoms with Crippen LogP contribution in [0.1, 0.15) is 42.0 Å². The first-order valence-electron chi connectivity index (χ1n) is 12.1. The fourth-order valence-electron chi connectivity index (χ4n) is 4.45. The van der Waals surface area contributed by atoms with Crippen LogP contribution in [0.3, 0.4) is 0 Å². The lowest BCUT2D eigenvalue weighted by Gasteiger charge is -2.27. The van der Waals surface area contributed by atoms with Gasteiger partial charge in [0.05, 0.1) is 29.2 Å². The van der Waals surface area contributed by atoms with Crippen LogP contribution in [-0.4, -0.2) is 23.8 Å². The van der Waals surface area contributed by atoms with Crippen molar-refractivity contribution >= 4 is 23.4 Å². The average molecular weight is 563 g/mol. The number of amides is 3. The lowest BCUT2D eigenvalue weighted by atomic mass is 9.92. The molecule has 0 saturated heterocycles. The minimum Gasteiger partial charge on any atom is -0.344 e. The molecule has 2 N–H and O–H groups in total. The first kappa shape index (κ1) is 28.7. The standard InChI is InChI=1S/C28H23F6N3O3/c1-15-20-7-3-4-8-21(20)22-9-5-6-10-23(22)37(26(15)40)36-25(39)16(2)35-24(38)13-17-11-18(27(29,30)31)14-19(12-17)28(32,33)34/h3-12,14-16H,13H2,1-2H3,(H,35,38)(H,36,39)/t15?,16-/m0/s1. The zero-order valence-corrected chi connectivity index (χ0v) is 21.2. The van der Waals surface area contributed by atoms with Gasteiger partial charge in [-0.1, -0.05) is 42.5 Å². The van der Waals surface area contributed by atoms with Crippen LogP contribution in [0.25, 0.3) is 11.1 Å². The molecule has 2 atom stereocenters. The zero-order valence-electron chi connectivity index (χ0n) is 21.2. The largest absolute Gasteiger partial charge is 0.416 e. The Morgan fingerprint density at radius 1 is 0.875 bits per heavy atom. The van der Waals surface area contributed by atoms with Crippen LogP contribution in [0.4, 0.5) is 32.0 Å². The number of para-hydroxylation sites is 1. The summed E-state index contributed by atoms with van der Waals surface area (Å²) in [5.41, 5.74) is 1.47. The fourth-order valence-corrected chi connectivity index (χ4v) is 4.45. The number of nitrogens with one attached hydrogen (secondary N) is 2. The Morgan fingerprint density at radius 3 is 2.02 bits per heavy atom. The molecule has 0 aliphatic carbocycles. The third kappa shape index (κ3) is 5.95. The van der Waals surface area contributed by atoms with E-state index in [1.807, 2.05) is 12.1 Å². The van der Waals surface area contributed by atoms with E-state index in [1.54, 1.807) is 43.3 Å². The van der Waals surface area contributed by atoms with Crippen molar-refractivity contribution in [2.75, 3.05) is 5.01 Å². The second-order valence-electron chi connectivity index (χ2n) is 9.36. The molecule has 6 nitrogen and oxygen atoms in total. The topological polar surface area (TPSA) is 78.5 Å². The van der Waals surface area contributed by atoms with Crippen LogP contribution >= 0.6 is 0 Å². The Balaban J connectivity index is 1.52. The number of rotatable bonds is 5. The van der Waals surface area contributed by atoms with E-state index in [9.17, 15) is 40.7 Å². The van der Waals surface area contributed by atoms with Gasteiger partial charge in [0.2, 0.25) is 5.91 Å². The van der Waals surface area contributed by atoms with Crippen molar-refractivity contribution in [3.05, 3.63) is 89.0 Å². The summed E-state index contributed by atoms with van der Waals surface area (Å²) < 4.78 is 78.8. The molecule has 210 valence electrons. The average Bonchev–Trinajstić information content (AvgIpc) is 2.97. The highest BCUT2D eigenvalue weighted by atomic mass is 19.4. The normalized spacial score (nSPS) is 15.9. The highest BCUT2D eigenvalue weighted by molar-refractivity contribution is 6.06. The van der Waals surface area contributed by atoms with Crippen molar-refractivity contribution in [3.63, 3.8) is 0 Å². The second kappa shape index (κ2) is 10.7. The molecule has 0 saturated carbocycles. The van der Waals surface area contributed by atoms with Gasteiger partial charge in [0.1, 0.15) is 6.04 Å². The maximum atomic E-state index is 13.4. The van der Waals surface area contributed by atoms with Gasteiger partial charge in [0.25, 0.3) is 11.8 Å². The number of nitrogens with zero attached hydrogens (tertiary/aromatic N) is 1. The van der Waals surface area contributed by atoms with Gasteiger partial charge < -0.3 is 5.32 Å². The van der Waals surface area contributed by atoms with Crippen molar-refractivity contribution in [2.24, 2.45) is 0 Å².